The van der Waals surface area contributed by atoms with Gasteiger partial charge in [-0.2, -0.15) is 8.78 Å². The van der Waals surface area contributed by atoms with Crippen LogP contribution in [0.25, 0.3) is 11.3 Å². The summed E-state index contributed by atoms with van der Waals surface area (Å²) in [4.78, 5) is 30.6. The Kier molecular flexibility index (Phi) is 4.94. The molecule has 1 atom stereocenters. The van der Waals surface area contributed by atoms with Gasteiger partial charge in [0.25, 0.3) is 5.91 Å². The van der Waals surface area contributed by atoms with Gasteiger partial charge in [0, 0.05) is 5.56 Å². The van der Waals surface area contributed by atoms with Crippen LogP contribution < -0.4 is 10.1 Å². The number of urea groups is 1. The van der Waals surface area contributed by atoms with Crippen molar-refractivity contribution in [2.24, 2.45) is 0 Å². The number of benzene rings is 2. The fourth-order valence-electron chi connectivity index (χ4n) is 3.26. The second-order valence-corrected chi connectivity index (χ2v) is 6.83. The highest BCUT2D eigenvalue weighted by Crippen LogP contribution is 2.31. The number of rotatable bonds is 6. The lowest BCUT2D eigenvalue weighted by Crippen LogP contribution is -2.40. The van der Waals surface area contributed by atoms with Crippen LogP contribution in [0.15, 0.2) is 65.2 Å². The van der Waals surface area contributed by atoms with Crippen LogP contribution in [0.4, 0.5) is 13.6 Å². The van der Waals surface area contributed by atoms with E-state index in [1.807, 2.05) is 30.3 Å². The number of halogens is 2. The van der Waals surface area contributed by atoms with Gasteiger partial charge in [-0.1, -0.05) is 42.5 Å². The van der Waals surface area contributed by atoms with Crippen LogP contribution in [0.2, 0.25) is 0 Å². The molecule has 0 unspecified atom stereocenters. The van der Waals surface area contributed by atoms with E-state index in [1.54, 1.807) is 6.92 Å². The second kappa shape index (κ2) is 7.58. The van der Waals surface area contributed by atoms with E-state index in [0.29, 0.717) is 11.3 Å². The van der Waals surface area contributed by atoms with E-state index in [1.165, 1.54) is 30.5 Å². The third-order valence-corrected chi connectivity index (χ3v) is 4.84. The molecule has 1 aliphatic rings. The lowest BCUT2D eigenvalue weighted by Gasteiger charge is -2.22. The molecule has 3 aromatic rings. The third kappa shape index (κ3) is 3.61. The van der Waals surface area contributed by atoms with Gasteiger partial charge in [-0.25, -0.2) is 9.78 Å². The molecule has 9 heteroatoms. The number of nitrogens with one attached hydrogen (secondary N) is 1. The highest BCUT2D eigenvalue weighted by Gasteiger charge is 2.49. The highest BCUT2D eigenvalue weighted by atomic mass is 19.3. The maximum atomic E-state index is 13.0. The highest BCUT2D eigenvalue weighted by molar-refractivity contribution is 6.07. The molecule has 0 radical (unpaired) electrons. The lowest BCUT2D eigenvalue weighted by atomic mass is 9.92. The molecule has 1 N–H and O–H groups in total. The van der Waals surface area contributed by atoms with Crippen molar-refractivity contribution in [2.75, 3.05) is 0 Å². The van der Waals surface area contributed by atoms with E-state index >= 15 is 0 Å². The van der Waals surface area contributed by atoms with Crippen LogP contribution in [-0.2, 0) is 16.9 Å². The maximum Gasteiger partial charge on any atom is 0.387 e. The van der Waals surface area contributed by atoms with E-state index in [2.05, 4.69) is 15.0 Å². The van der Waals surface area contributed by atoms with Gasteiger partial charge in [-0.15, -0.1) is 0 Å². The van der Waals surface area contributed by atoms with Gasteiger partial charge >= 0.3 is 12.6 Å². The number of nitrogens with zero attached hydrogens (tertiary/aromatic N) is 2. The number of carbonyl (C=O) groups excluding carboxylic acids is 2. The summed E-state index contributed by atoms with van der Waals surface area (Å²) >= 11 is 0. The first-order valence-electron chi connectivity index (χ1n) is 9.06. The van der Waals surface area contributed by atoms with Gasteiger partial charge in [0.05, 0.1) is 6.20 Å². The predicted octanol–water partition coefficient (Wildman–Crippen LogP) is 3.91. The summed E-state index contributed by atoms with van der Waals surface area (Å²) in [6, 6.07) is 14.2. The molecule has 1 fully saturated rings. The van der Waals surface area contributed by atoms with Gasteiger partial charge in [-0.05, 0) is 24.6 Å². The Labute approximate surface area is 170 Å². The standard InChI is InChI=1S/C21H17F2N3O4/c1-21(14-7-9-15(10-8-14)29-19(22)23)18(27)26(20(28)25-21)12-17-24-11-16(30-17)13-5-3-2-4-6-13/h2-11,19H,12H2,1H3,(H,25,28)/t21-/m0/s1. The number of alkyl halides is 2. The van der Waals surface area contributed by atoms with Gasteiger partial charge in [0.15, 0.2) is 5.76 Å². The zero-order chi connectivity index (χ0) is 21.3. The first-order chi connectivity index (χ1) is 14.4. The van der Waals surface area contributed by atoms with Gasteiger partial charge < -0.3 is 14.5 Å². The van der Waals surface area contributed by atoms with Crippen LogP contribution in [0, 0.1) is 0 Å². The number of imide groups is 1. The monoisotopic (exact) mass is 413 g/mol. The van der Waals surface area contributed by atoms with E-state index in [9.17, 15) is 18.4 Å². The van der Waals surface area contributed by atoms with Gasteiger partial charge in [0.1, 0.15) is 17.8 Å². The molecular formula is C21H17F2N3O4. The summed E-state index contributed by atoms with van der Waals surface area (Å²) in [5.41, 5.74) is -0.0956. The van der Waals surface area contributed by atoms with Crippen LogP contribution in [-0.4, -0.2) is 28.4 Å². The molecule has 154 valence electrons. The number of hydrogen-bond acceptors (Lipinski definition) is 5. The molecule has 0 spiro atoms. The quantitative estimate of drug-likeness (QED) is 0.620. The van der Waals surface area contributed by atoms with Crippen molar-refractivity contribution in [2.45, 2.75) is 25.6 Å². The van der Waals surface area contributed by atoms with Crippen molar-refractivity contribution >= 4 is 11.9 Å². The third-order valence-electron chi connectivity index (χ3n) is 4.84. The maximum absolute atomic E-state index is 13.0. The Balaban J connectivity index is 1.52. The van der Waals surface area contributed by atoms with Crippen LogP contribution in [0.5, 0.6) is 5.75 Å². The Morgan fingerprint density at radius 2 is 1.83 bits per heavy atom. The van der Waals surface area contributed by atoms with Gasteiger partial charge in [-0.3, -0.25) is 9.69 Å². The van der Waals surface area contributed by atoms with Crippen molar-refractivity contribution in [3.8, 4) is 17.1 Å². The lowest BCUT2D eigenvalue weighted by molar-refractivity contribution is -0.131. The Bertz CT molecular complexity index is 1070. The number of hydrogen-bond donors (Lipinski definition) is 1. The van der Waals surface area contributed by atoms with Crippen molar-refractivity contribution in [3.05, 3.63) is 72.2 Å². The second-order valence-electron chi connectivity index (χ2n) is 6.83. The molecule has 0 saturated carbocycles. The first kappa shape index (κ1) is 19.6. The van der Waals surface area contributed by atoms with E-state index in [-0.39, 0.29) is 18.2 Å². The molecule has 2 aromatic carbocycles. The molecule has 7 nitrogen and oxygen atoms in total. The van der Waals surface area contributed by atoms with Crippen LogP contribution in [0.3, 0.4) is 0 Å². The fourth-order valence-corrected chi connectivity index (χ4v) is 3.26. The normalized spacial score (nSPS) is 18.7. The zero-order valence-corrected chi connectivity index (χ0v) is 15.8. The summed E-state index contributed by atoms with van der Waals surface area (Å²) in [6.07, 6.45) is 1.53. The van der Waals surface area contributed by atoms with Crippen LogP contribution in [0.1, 0.15) is 18.4 Å². The Hall–Kier alpha value is -3.75. The van der Waals surface area contributed by atoms with Crippen molar-refractivity contribution in [1.82, 2.24) is 15.2 Å². The number of amides is 3. The van der Waals surface area contributed by atoms with Gasteiger partial charge in [0.2, 0.25) is 5.89 Å². The molecule has 1 saturated heterocycles. The minimum absolute atomic E-state index is 0.0424. The molecule has 3 amide bonds. The number of carbonyl (C=O) groups is 2. The van der Waals surface area contributed by atoms with E-state index < -0.39 is 24.1 Å². The molecule has 1 aromatic heterocycles. The molecular weight excluding hydrogens is 396 g/mol. The summed E-state index contributed by atoms with van der Waals surface area (Å²) < 4.78 is 34.6. The molecule has 0 aliphatic carbocycles. The van der Waals surface area contributed by atoms with E-state index in [4.69, 9.17) is 4.42 Å². The van der Waals surface area contributed by atoms with Crippen molar-refractivity contribution < 1.29 is 27.5 Å². The molecule has 4 rings (SSSR count). The molecule has 2 heterocycles. The predicted molar refractivity (Wildman–Crippen MR) is 101 cm³/mol. The topological polar surface area (TPSA) is 84.7 Å². The summed E-state index contributed by atoms with van der Waals surface area (Å²) in [7, 11) is 0. The van der Waals surface area contributed by atoms with Crippen molar-refractivity contribution in [3.63, 3.8) is 0 Å². The number of aromatic nitrogens is 1. The minimum atomic E-state index is -2.95. The van der Waals surface area contributed by atoms with Crippen molar-refractivity contribution in [1.29, 1.82) is 0 Å². The average Bonchev–Trinajstić information content (AvgIpc) is 3.28. The minimum Gasteiger partial charge on any atom is -0.439 e. The Morgan fingerprint density at radius 1 is 1.13 bits per heavy atom. The molecule has 1 aliphatic heterocycles. The number of ether oxygens (including phenoxy) is 1. The summed E-state index contributed by atoms with van der Waals surface area (Å²) in [5.74, 6) is 0.186. The summed E-state index contributed by atoms with van der Waals surface area (Å²) in [5, 5.41) is 2.64. The molecule has 0 bridgehead atoms. The first-order valence-corrected chi connectivity index (χ1v) is 9.06. The Morgan fingerprint density at radius 3 is 2.50 bits per heavy atom. The van der Waals surface area contributed by atoms with E-state index in [0.717, 1.165) is 10.5 Å². The fraction of sp³-hybridized carbons (Fsp3) is 0.190. The zero-order valence-electron chi connectivity index (χ0n) is 15.8. The largest absolute Gasteiger partial charge is 0.439 e. The van der Waals surface area contributed by atoms with Crippen LogP contribution >= 0.6 is 0 Å². The SMILES string of the molecule is C[C@@]1(c2ccc(OC(F)F)cc2)NC(=O)N(Cc2ncc(-c3ccccc3)o2)C1=O. The average molecular weight is 413 g/mol. The number of oxazole rings is 1. The smallest absolute Gasteiger partial charge is 0.387 e. The summed E-state index contributed by atoms with van der Waals surface area (Å²) in [6.45, 7) is -1.54. The molecule has 30 heavy (non-hydrogen) atoms.